The van der Waals surface area contributed by atoms with E-state index in [2.05, 4.69) is 5.32 Å². The minimum absolute atomic E-state index is 0.00227. The van der Waals surface area contributed by atoms with Crippen molar-refractivity contribution in [3.63, 3.8) is 0 Å². The van der Waals surface area contributed by atoms with Crippen molar-refractivity contribution in [2.45, 2.75) is 32.2 Å². The molecular weight excluding hydrogens is 210 g/mol. The van der Waals surface area contributed by atoms with Gasteiger partial charge in [0.2, 0.25) is 5.91 Å². The average Bonchev–Trinajstić information content (AvgIpc) is 2.97. The fraction of sp³-hybridized carbons (Fsp3) is 0.818. The maximum atomic E-state index is 11.7. The molecule has 0 aliphatic heterocycles. The quantitative estimate of drug-likeness (QED) is 0.671. The monoisotopic (exact) mass is 229 g/mol. The largest absolute Gasteiger partial charge is 0.481 e. The lowest BCUT2D eigenvalue weighted by molar-refractivity contribution is -0.140. The third kappa shape index (κ3) is 3.48. The number of carboxylic acids is 1. The number of rotatable bonds is 7. The SMILES string of the molecule is CCCC(COC)NC(=O)[C@@H]1C[C@@H]1C(=O)O. The van der Waals surface area contributed by atoms with Crippen LogP contribution < -0.4 is 5.32 Å². The van der Waals surface area contributed by atoms with Gasteiger partial charge in [0.05, 0.1) is 24.5 Å². The van der Waals surface area contributed by atoms with Gasteiger partial charge in [-0.3, -0.25) is 9.59 Å². The molecule has 16 heavy (non-hydrogen) atoms. The molecule has 3 atom stereocenters. The second kappa shape index (κ2) is 5.84. The Kier molecular flexibility index (Phi) is 4.73. The van der Waals surface area contributed by atoms with E-state index in [1.807, 2.05) is 6.92 Å². The molecule has 0 aromatic heterocycles. The number of nitrogens with one attached hydrogen (secondary N) is 1. The van der Waals surface area contributed by atoms with Crippen LogP contribution in [0.5, 0.6) is 0 Å². The van der Waals surface area contributed by atoms with Gasteiger partial charge in [-0.05, 0) is 12.8 Å². The summed E-state index contributed by atoms with van der Waals surface area (Å²) in [4.78, 5) is 22.3. The number of ether oxygens (including phenoxy) is 1. The molecule has 1 unspecified atom stereocenters. The molecule has 0 aromatic rings. The maximum absolute atomic E-state index is 11.7. The minimum Gasteiger partial charge on any atom is -0.481 e. The van der Waals surface area contributed by atoms with Crippen LogP contribution in [0.25, 0.3) is 0 Å². The van der Waals surface area contributed by atoms with Crippen molar-refractivity contribution < 1.29 is 19.4 Å². The van der Waals surface area contributed by atoms with E-state index in [4.69, 9.17) is 9.84 Å². The Morgan fingerprint density at radius 2 is 2.19 bits per heavy atom. The van der Waals surface area contributed by atoms with Gasteiger partial charge in [-0.2, -0.15) is 0 Å². The van der Waals surface area contributed by atoms with Crippen LogP contribution in [0.1, 0.15) is 26.2 Å². The van der Waals surface area contributed by atoms with Gasteiger partial charge in [0, 0.05) is 7.11 Å². The summed E-state index contributed by atoms with van der Waals surface area (Å²) < 4.78 is 5.00. The molecule has 0 radical (unpaired) electrons. The molecule has 5 heteroatoms. The van der Waals surface area contributed by atoms with Crippen molar-refractivity contribution in [3.8, 4) is 0 Å². The van der Waals surface area contributed by atoms with Crippen LogP contribution in [0.3, 0.4) is 0 Å². The zero-order valence-corrected chi connectivity index (χ0v) is 9.73. The predicted octanol–water partition coefficient (Wildman–Crippen LogP) is 0.638. The summed E-state index contributed by atoms with van der Waals surface area (Å²) in [5.41, 5.74) is 0. The molecule has 0 aromatic carbocycles. The van der Waals surface area contributed by atoms with Crippen LogP contribution >= 0.6 is 0 Å². The highest BCUT2D eigenvalue weighted by Gasteiger charge is 2.48. The number of amides is 1. The lowest BCUT2D eigenvalue weighted by atomic mass is 10.1. The molecule has 1 fully saturated rings. The Labute approximate surface area is 95.2 Å². The molecule has 1 aliphatic carbocycles. The second-order valence-electron chi connectivity index (χ2n) is 4.24. The van der Waals surface area contributed by atoms with Gasteiger partial charge in [0.15, 0.2) is 0 Å². The van der Waals surface area contributed by atoms with Gasteiger partial charge in [0.25, 0.3) is 0 Å². The molecule has 1 aliphatic rings. The normalized spacial score (nSPS) is 24.9. The van der Waals surface area contributed by atoms with Gasteiger partial charge in [-0.1, -0.05) is 13.3 Å². The van der Waals surface area contributed by atoms with Gasteiger partial charge in [-0.25, -0.2) is 0 Å². The van der Waals surface area contributed by atoms with E-state index in [1.165, 1.54) is 0 Å². The van der Waals surface area contributed by atoms with Crippen molar-refractivity contribution in [2.75, 3.05) is 13.7 Å². The number of carbonyl (C=O) groups excluding carboxylic acids is 1. The smallest absolute Gasteiger partial charge is 0.307 e. The number of aliphatic carboxylic acids is 1. The van der Waals surface area contributed by atoms with Crippen LogP contribution in [0, 0.1) is 11.8 Å². The third-order valence-electron chi connectivity index (χ3n) is 2.80. The lowest BCUT2D eigenvalue weighted by Gasteiger charge is -2.16. The van der Waals surface area contributed by atoms with Crippen molar-refractivity contribution in [1.29, 1.82) is 0 Å². The van der Waals surface area contributed by atoms with Crippen molar-refractivity contribution in [3.05, 3.63) is 0 Å². The van der Waals surface area contributed by atoms with Crippen LogP contribution in [-0.2, 0) is 14.3 Å². The highest BCUT2D eigenvalue weighted by molar-refractivity contribution is 5.89. The van der Waals surface area contributed by atoms with Crippen LogP contribution in [0.2, 0.25) is 0 Å². The number of hydrogen-bond donors (Lipinski definition) is 2. The first-order valence-electron chi connectivity index (χ1n) is 5.62. The van der Waals surface area contributed by atoms with Gasteiger partial charge in [0.1, 0.15) is 0 Å². The lowest BCUT2D eigenvalue weighted by Crippen LogP contribution is -2.39. The molecule has 2 N–H and O–H groups in total. The molecule has 1 rings (SSSR count). The molecule has 1 saturated carbocycles. The Morgan fingerprint density at radius 3 is 2.62 bits per heavy atom. The summed E-state index contributed by atoms with van der Waals surface area (Å²) in [6.07, 6.45) is 2.28. The summed E-state index contributed by atoms with van der Waals surface area (Å²) in [7, 11) is 1.59. The molecule has 0 bridgehead atoms. The van der Waals surface area contributed by atoms with E-state index in [9.17, 15) is 9.59 Å². The summed E-state index contributed by atoms with van der Waals surface area (Å²) in [5, 5.41) is 11.5. The van der Waals surface area contributed by atoms with E-state index < -0.39 is 11.9 Å². The highest BCUT2D eigenvalue weighted by Crippen LogP contribution is 2.38. The van der Waals surface area contributed by atoms with Crippen LogP contribution in [0.4, 0.5) is 0 Å². The minimum atomic E-state index is -0.876. The number of hydrogen-bond acceptors (Lipinski definition) is 3. The first-order chi connectivity index (χ1) is 7.60. The van der Waals surface area contributed by atoms with Crippen molar-refractivity contribution in [2.24, 2.45) is 11.8 Å². The first-order valence-corrected chi connectivity index (χ1v) is 5.62. The predicted molar refractivity (Wildman–Crippen MR) is 57.9 cm³/mol. The van der Waals surface area contributed by atoms with E-state index in [-0.39, 0.29) is 17.9 Å². The summed E-state index contributed by atoms with van der Waals surface area (Å²) in [5.74, 6) is -1.85. The number of carbonyl (C=O) groups is 2. The Hall–Kier alpha value is -1.10. The summed E-state index contributed by atoms with van der Waals surface area (Å²) in [6, 6.07) is -0.00227. The van der Waals surface area contributed by atoms with Gasteiger partial charge in [-0.15, -0.1) is 0 Å². The van der Waals surface area contributed by atoms with E-state index in [1.54, 1.807) is 7.11 Å². The van der Waals surface area contributed by atoms with Crippen LogP contribution in [0.15, 0.2) is 0 Å². The average molecular weight is 229 g/mol. The zero-order chi connectivity index (χ0) is 12.1. The van der Waals surface area contributed by atoms with Crippen LogP contribution in [-0.4, -0.2) is 36.7 Å². The molecule has 0 saturated heterocycles. The van der Waals surface area contributed by atoms with Crippen molar-refractivity contribution in [1.82, 2.24) is 5.32 Å². The number of carboxylic acid groups (broad SMARTS) is 1. The Balaban J connectivity index is 2.35. The topological polar surface area (TPSA) is 75.6 Å². The van der Waals surface area contributed by atoms with Gasteiger partial charge >= 0.3 is 5.97 Å². The first kappa shape index (κ1) is 13.0. The molecular formula is C11H19NO4. The van der Waals surface area contributed by atoms with E-state index in [0.717, 1.165) is 12.8 Å². The summed E-state index contributed by atoms with van der Waals surface area (Å²) >= 11 is 0. The number of methoxy groups -OCH3 is 1. The van der Waals surface area contributed by atoms with E-state index >= 15 is 0 Å². The maximum Gasteiger partial charge on any atom is 0.307 e. The molecule has 0 heterocycles. The Morgan fingerprint density at radius 1 is 1.50 bits per heavy atom. The van der Waals surface area contributed by atoms with Gasteiger partial charge < -0.3 is 15.2 Å². The molecule has 92 valence electrons. The third-order valence-corrected chi connectivity index (χ3v) is 2.80. The molecule has 5 nitrogen and oxygen atoms in total. The highest BCUT2D eigenvalue weighted by atomic mass is 16.5. The fourth-order valence-corrected chi connectivity index (χ4v) is 1.81. The van der Waals surface area contributed by atoms with E-state index in [0.29, 0.717) is 13.0 Å². The Bertz CT molecular complexity index is 261. The fourth-order valence-electron chi connectivity index (χ4n) is 1.81. The second-order valence-corrected chi connectivity index (χ2v) is 4.24. The zero-order valence-electron chi connectivity index (χ0n) is 9.73. The van der Waals surface area contributed by atoms with Crippen molar-refractivity contribution >= 4 is 11.9 Å². The summed E-state index contributed by atoms with van der Waals surface area (Å²) in [6.45, 7) is 2.51. The standard InChI is InChI=1S/C11H19NO4/c1-3-4-7(6-16-2)12-10(13)8-5-9(8)11(14)15/h7-9H,3-6H2,1-2H3,(H,12,13)(H,14,15)/t7?,8-,9+/m1/s1. The molecule has 0 spiro atoms. The molecule has 1 amide bonds.